The van der Waals surface area contributed by atoms with Crippen LogP contribution < -0.4 is 0 Å². The normalized spacial score (nSPS) is 12.1. The lowest BCUT2D eigenvalue weighted by atomic mass is 10.1. The van der Waals surface area contributed by atoms with Gasteiger partial charge in [-0.3, -0.25) is 4.79 Å². The first kappa shape index (κ1) is 8.16. The van der Waals surface area contributed by atoms with Gasteiger partial charge in [0.15, 0.2) is 0 Å². The molecule has 0 N–H and O–H groups in total. The van der Waals surface area contributed by atoms with Crippen molar-refractivity contribution in [3.8, 4) is 6.07 Å². The number of carbonyl (C=O) groups excluding carboxylic acids is 1. The van der Waals surface area contributed by atoms with Crippen LogP contribution in [0.4, 0.5) is 0 Å². The number of hydrogen-bond acceptors (Lipinski definition) is 2. The van der Waals surface area contributed by atoms with Crippen LogP contribution in [0.15, 0.2) is 0 Å². The summed E-state index contributed by atoms with van der Waals surface area (Å²) in [4.78, 5) is 10.6. The van der Waals surface area contributed by atoms with Crippen LogP contribution in [-0.4, -0.2) is 5.78 Å². The van der Waals surface area contributed by atoms with Crippen LogP contribution in [0.25, 0.3) is 0 Å². The van der Waals surface area contributed by atoms with Gasteiger partial charge >= 0.3 is 0 Å². The summed E-state index contributed by atoms with van der Waals surface area (Å²) in [5.41, 5.74) is 0. The molecule has 0 aliphatic rings. The summed E-state index contributed by atoms with van der Waals surface area (Å²) < 4.78 is 0. The Hall–Kier alpha value is -0.840. The van der Waals surface area contributed by atoms with Crippen molar-refractivity contribution in [1.82, 2.24) is 0 Å². The third-order valence-corrected chi connectivity index (χ3v) is 1.15. The van der Waals surface area contributed by atoms with Gasteiger partial charge in [-0.1, -0.05) is 6.92 Å². The van der Waals surface area contributed by atoms with Crippen molar-refractivity contribution in [2.24, 2.45) is 5.92 Å². The molecule has 0 aromatic rings. The zero-order valence-corrected chi connectivity index (χ0v) is 5.85. The van der Waals surface area contributed by atoms with E-state index < -0.39 is 0 Å². The number of Topliss-reactive ketones (excluding diaryl/α,β-unsaturated/α-hetero) is 1. The highest BCUT2D eigenvalue weighted by atomic mass is 16.1. The summed E-state index contributed by atoms with van der Waals surface area (Å²) in [5, 5.41) is 8.28. The first-order chi connectivity index (χ1) is 4.20. The predicted molar refractivity (Wildman–Crippen MR) is 34.7 cm³/mol. The Labute approximate surface area is 55.5 Å². The highest BCUT2D eigenvalue weighted by Gasteiger charge is 2.04. The summed E-state index contributed by atoms with van der Waals surface area (Å²) in [5.74, 6) is 0.0569. The van der Waals surface area contributed by atoms with Gasteiger partial charge < -0.3 is 0 Å². The lowest BCUT2D eigenvalue weighted by Gasteiger charge is -1.96. The summed E-state index contributed by atoms with van der Waals surface area (Å²) in [6.45, 7) is 3.57. The zero-order chi connectivity index (χ0) is 7.28. The van der Waals surface area contributed by atoms with E-state index in [0.717, 1.165) is 0 Å². The van der Waals surface area contributed by atoms with Crippen LogP contribution >= 0.6 is 0 Å². The molecule has 0 saturated carbocycles. The Kier molecular flexibility index (Phi) is 3.70. The molecule has 0 amide bonds. The molecule has 0 spiro atoms. The van der Waals surface area contributed by atoms with E-state index in [1.54, 1.807) is 6.92 Å². The summed E-state index contributed by atoms with van der Waals surface area (Å²) >= 11 is 0. The van der Waals surface area contributed by atoms with E-state index >= 15 is 0 Å². The van der Waals surface area contributed by atoms with Crippen molar-refractivity contribution in [2.75, 3.05) is 0 Å². The van der Waals surface area contributed by atoms with Crippen LogP contribution in [0.1, 0.15) is 26.7 Å². The van der Waals surface area contributed by atoms with Gasteiger partial charge in [-0.2, -0.15) is 5.26 Å². The van der Waals surface area contributed by atoms with Crippen LogP contribution in [-0.2, 0) is 4.79 Å². The second-order valence-electron chi connectivity index (χ2n) is 2.13. The van der Waals surface area contributed by atoms with Crippen molar-refractivity contribution in [2.45, 2.75) is 26.7 Å². The van der Waals surface area contributed by atoms with Gasteiger partial charge in [0.1, 0.15) is 5.78 Å². The molecule has 50 valence electrons. The molecule has 0 saturated heterocycles. The lowest BCUT2D eigenvalue weighted by molar-refractivity contribution is -0.119. The van der Waals surface area contributed by atoms with Crippen molar-refractivity contribution in [3.63, 3.8) is 0 Å². The minimum Gasteiger partial charge on any atom is -0.300 e. The average molecular weight is 125 g/mol. The molecule has 0 aliphatic heterocycles. The maximum atomic E-state index is 10.6. The molecule has 0 aliphatic carbocycles. The van der Waals surface area contributed by atoms with E-state index in [-0.39, 0.29) is 11.7 Å². The fourth-order valence-corrected chi connectivity index (χ4v) is 0.531. The maximum absolute atomic E-state index is 10.6. The minimum absolute atomic E-state index is 0.113. The first-order valence-corrected chi connectivity index (χ1v) is 3.12. The third kappa shape index (κ3) is 3.72. The lowest BCUT2D eigenvalue weighted by Crippen LogP contribution is -2.01. The molecule has 0 radical (unpaired) electrons. The van der Waals surface area contributed by atoms with Gasteiger partial charge in [0.2, 0.25) is 0 Å². The number of hydrogen-bond donors (Lipinski definition) is 0. The minimum atomic E-state index is -0.113. The summed E-state index contributed by atoms with van der Waals surface area (Å²) in [6.07, 6.45) is 0.957. The van der Waals surface area contributed by atoms with Gasteiger partial charge in [0, 0.05) is 12.8 Å². The topological polar surface area (TPSA) is 40.9 Å². The van der Waals surface area contributed by atoms with Gasteiger partial charge in [-0.25, -0.2) is 0 Å². The molecule has 0 bridgehead atoms. The van der Waals surface area contributed by atoms with Crippen molar-refractivity contribution < 1.29 is 4.79 Å². The smallest absolute Gasteiger partial charge is 0.133 e. The molecule has 0 aromatic carbocycles. The summed E-state index contributed by atoms with van der Waals surface area (Å²) in [6, 6.07) is 2.01. The number of nitrogens with zero attached hydrogens (tertiary/aromatic N) is 1. The Morgan fingerprint density at radius 2 is 2.33 bits per heavy atom. The molecule has 9 heavy (non-hydrogen) atoms. The molecule has 0 heterocycles. The molecule has 0 aromatic heterocycles. The Bertz CT molecular complexity index is 134. The molecular formula is C7H11NO. The fraction of sp³-hybridized carbons (Fsp3) is 0.714. The Morgan fingerprint density at radius 1 is 1.78 bits per heavy atom. The van der Waals surface area contributed by atoms with E-state index in [4.69, 9.17) is 5.26 Å². The van der Waals surface area contributed by atoms with E-state index in [1.165, 1.54) is 0 Å². The van der Waals surface area contributed by atoms with Crippen LogP contribution in [0.5, 0.6) is 0 Å². The first-order valence-electron chi connectivity index (χ1n) is 3.12. The molecule has 1 atom stereocenters. The van der Waals surface area contributed by atoms with E-state index in [0.29, 0.717) is 12.8 Å². The van der Waals surface area contributed by atoms with E-state index in [2.05, 4.69) is 0 Å². The molecule has 0 fully saturated rings. The van der Waals surface area contributed by atoms with Gasteiger partial charge in [0.25, 0.3) is 0 Å². The monoisotopic (exact) mass is 125 g/mol. The maximum Gasteiger partial charge on any atom is 0.133 e. The molecule has 0 unspecified atom stereocenters. The highest BCUT2D eigenvalue weighted by Crippen LogP contribution is 2.01. The van der Waals surface area contributed by atoms with Gasteiger partial charge in [0.05, 0.1) is 12.0 Å². The molecule has 2 nitrogen and oxygen atoms in total. The Balaban J connectivity index is 3.50. The molecular weight excluding hydrogens is 114 g/mol. The second kappa shape index (κ2) is 4.08. The SMILES string of the molecule is CCC(=O)C[C@H](C)C#N. The van der Waals surface area contributed by atoms with E-state index in [9.17, 15) is 4.79 Å². The van der Waals surface area contributed by atoms with Crippen molar-refractivity contribution >= 4 is 5.78 Å². The number of nitriles is 1. The third-order valence-electron chi connectivity index (χ3n) is 1.15. The van der Waals surface area contributed by atoms with Gasteiger partial charge in [-0.15, -0.1) is 0 Å². The van der Waals surface area contributed by atoms with Crippen LogP contribution in [0.3, 0.4) is 0 Å². The highest BCUT2D eigenvalue weighted by molar-refractivity contribution is 5.78. The second-order valence-corrected chi connectivity index (χ2v) is 2.13. The molecule has 0 rings (SSSR count). The Morgan fingerprint density at radius 3 is 2.67 bits per heavy atom. The number of rotatable bonds is 3. The zero-order valence-electron chi connectivity index (χ0n) is 5.85. The summed E-state index contributed by atoms with van der Waals surface area (Å²) in [7, 11) is 0. The van der Waals surface area contributed by atoms with E-state index in [1.807, 2.05) is 13.0 Å². The number of ketones is 1. The van der Waals surface area contributed by atoms with Crippen molar-refractivity contribution in [1.29, 1.82) is 5.26 Å². The molecule has 2 heteroatoms. The predicted octanol–water partition coefficient (Wildman–Crippen LogP) is 1.52. The van der Waals surface area contributed by atoms with Crippen LogP contribution in [0.2, 0.25) is 0 Å². The van der Waals surface area contributed by atoms with Crippen LogP contribution in [0, 0.1) is 17.2 Å². The largest absolute Gasteiger partial charge is 0.300 e. The quantitative estimate of drug-likeness (QED) is 0.573. The van der Waals surface area contributed by atoms with Crippen molar-refractivity contribution in [3.05, 3.63) is 0 Å². The number of carbonyl (C=O) groups is 1. The van der Waals surface area contributed by atoms with Gasteiger partial charge in [-0.05, 0) is 6.92 Å². The fourth-order valence-electron chi connectivity index (χ4n) is 0.531. The standard InChI is InChI=1S/C7H11NO/c1-3-7(9)4-6(2)5-8/h6H,3-4H2,1-2H3/t6-/m0/s1. The average Bonchev–Trinajstić information content (AvgIpc) is 1.87.